The molecule has 3 rings (SSSR count). The van der Waals surface area contributed by atoms with Gasteiger partial charge in [-0.1, -0.05) is 47.5 Å². The quantitative estimate of drug-likeness (QED) is 0.463. The van der Waals surface area contributed by atoms with Gasteiger partial charge < -0.3 is 15.5 Å². The van der Waals surface area contributed by atoms with E-state index in [0.29, 0.717) is 16.3 Å². The first-order valence-electron chi connectivity index (χ1n) is 10.3. The number of hydrogen-bond donors (Lipinski definition) is 2. The van der Waals surface area contributed by atoms with E-state index in [9.17, 15) is 18.8 Å². The molecule has 0 aliphatic heterocycles. The summed E-state index contributed by atoms with van der Waals surface area (Å²) in [7, 11) is 0. The van der Waals surface area contributed by atoms with Gasteiger partial charge in [0.2, 0.25) is 11.8 Å². The molecule has 0 aliphatic carbocycles. The Labute approximate surface area is 206 Å². The normalized spacial score (nSPS) is 10.5. The van der Waals surface area contributed by atoms with Crippen LogP contribution in [0.4, 0.5) is 10.1 Å². The zero-order valence-corrected chi connectivity index (χ0v) is 19.8. The van der Waals surface area contributed by atoms with Crippen molar-refractivity contribution in [2.75, 3.05) is 18.4 Å². The highest BCUT2D eigenvalue weighted by atomic mass is 35.5. The van der Waals surface area contributed by atoms with Gasteiger partial charge in [0.25, 0.3) is 5.91 Å². The number of benzene rings is 3. The fourth-order valence-electron chi connectivity index (χ4n) is 3.18. The van der Waals surface area contributed by atoms with Gasteiger partial charge in [-0.05, 0) is 60.5 Å². The summed E-state index contributed by atoms with van der Waals surface area (Å²) in [4.78, 5) is 39.2. The van der Waals surface area contributed by atoms with Gasteiger partial charge >= 0.3 is 0 Å². The Morgan fingerprint density at radius 3 is 2.35 bits per heavy atom. The first-order chi connectivity index (χ1) is 16.2. The maximum Gasteiger partial charge on any atom is 0.256 e. The summed E-state index contributed by atoms with van der Waals surface area (Å²) < 4.78 is 13.3. The molecule has 3 aromatic carbocycles. The van der Waals surface area contributed by atoms with Crippen molar-refractivity contribution in [1.82, 2.24) is 10.2 Å². The van der Waals surface area contributed by atoms with Crippen molar-refractivity contribution in [1.29, 1.82) is 0 Å². The average Bonchev–Trinajstić information content (AvgIpc) is 2.78. The van der Waals surface area contributed by atoms with E-state index in [1.807, 2.05) is 19.1 Å². The zero-order chi connectivity index (χ0) is 24.7. The van der Waals surface area contributed by atoms with Gasteiger partial charge in [0.05, 0.1) is 17.1 Å². The van der Waals surface area contributed by atoms with Crippen molar-refractivity contribution in [2.45, 2.75) is 13.5 Å². The minimum Gasteiger partial charge on any atom is -0.345 e. The Kier molecular flexibility index (Phi) is 8.62. The number of carbonyl (C=O) groups excluding carboxylic acids is 3. The van der Waals surface area contributed by atoms with Gasteiger partial charge in [-0.15, -0.1) is 0 Å². The molecular weight excluding hydrogens is 480 g/mol. The summed E-state index contributed by atoms with van der Waals surface area (Å²) in [6, 6.07) is 17.3. The fraction of sp³-hybridized carbons (Fsp3) is 0.160. The van der Waals surface area contributed by atoms with E-state index in [1.165, 1.54) is 47.4 Å². The van der Waals surface area contributed by atoms with Gasteiger partial charge in [0.15, 0.2) is 0 Å². The number of nitrogens with zero attached hydrogens (tertiary/aromatic N) is 1. The Balaban J connectivity index is 1.68. The number of hydrogen-bond acceptors (Lipinski definition) is 3. The van der Waals surface area contributed by atoms with Crippen molar-refractivity contribution in [2.24, 2.45) is 0 Å². The van der Waals surface area contributed by atoms with Gasteiger partial charge in [-0.3, -0.25) is 14.4 Å². The number of anilines is 1. The van der Waals surface area contributed by atoms with E-state index < -0.39 is 23.5 Å². The summed E-state index contributed by atoms with van der Waals surface area (Å²) in [5.74, 6) is -1.87. The molecule has 34 heavy (non-hydrogen) atoms. The molecule has 0 aromatic heterocycles. The minimum absolute atomic E-state index is 0.0287. The van der Waals surface area contributed by atoms with Crippen molar-refractivity contribution in [3.63, 3.8) is 0 Å². The van der Waals surface area contributed by atoms with E-state index in [0.717, 1.165) is 5.56 Å². The lowest BCUT2D eigenvalue weighted by Crippen LogP contribution is -2.42. The van der Waals surface area contributed by atoms with E-state index >= 15 is 0 Å². The highest BCUT2D eigenvalue weighted by Gasteiger charge is 2.22. The highest BCUT2D eigenvalue weighted by Crippen LogP contribution is 2.23. The number of halogens is 3. The molecule has 3 amide bonds. The van der Waals surface area contributed by atoms with Gasteiger partial charge in [0.1, 0.15) is 12.4 Å². The number of rotatable bonds is 8. The fourth-order valence-corrected chi connectivity index (χ4v) is 3.67. The minimum atomic E-state index is -0.542. The van der Waals surface area contributed by atoms with Crippen LogP contribution in [0.3, 0.4) is 0 Å². The summed E-state index contributed by atoms with van der Waals surface area (Å²) in [6.45, 7) is 1.32. The average molecular weight is 502 g/mol. The van der Waals surface area contributed by atoms with Crippen LogP contribution in [0.15, 0.2) is 66.7 Å². The number of nitrogens with one attached hydrogen (secondary N) is 2. The molecule has 0 saturated heterocycles. The lowest BCUT2D eigenvalue weighted by Gasteiger charge is -2.23. The third-order valence-electron chi connectivity index (χ3n) is 4.82. The Morgan fingerprint density at radius 1 is 0.941 bits per heavy atom. The topological polar surface area (TPSA) is 78.5 Å². The van der Waals surface area contributed by atoms with Crippen LogP contribution in [0.2, 0.25) is 10.0 Å². The Morgan fingerprint density at radius 2 is 1.68 bits per heavy atom. The smallest absolute Gasteiger partial charge is 0.256 e. The van der Waals surface area contributed by atoms with Crippen LogP contribution in [0.1, 0.15) is 21.5 Å². The lowest BCUT2D eigenvalue weighted by molar-refractivity contribution is -0.124. The van der Waals surface area contributed by atoms with Crippen LogP contribution in [0, 0.1) is 12.7 Å². The predicted octanol–water partition coefficient (Wildman–Crippen LogP) is 4.84. The molecule has 0 fully saturated rings. The molecular formula is C25H22Cl2FN3O3. The first kappa shape index (κ1) is 25.2. The van der Waals surface area contributed by atoms with Crippen molar-refractivity contribution < 1.29 is 18.8 Å². The molecule has 0 atom stereocenters. The van der Waals surface area contributed by atoms with Gasteiger partial charge in [-0.25, -0.2) is 4.39 Å². The Hall–Kier alpha value is -3.42. The summed E-state index contributed by atoms with van der Waals surface area (Å²) in [6.07, 6.45) is 0. The molecule has 0 bridgehead atoms. The third-order valence-corrected chi connectivity index (χ3v) is 5.37. The molecule has 0 aliphatic rings. The molecule has 2 N–H and O–H groups in total. The molecule has 176 valence electrons. The van der Waals surface area contributed by atoms with Crippen molar-refractivity contribution >= 4 is 46.6 Å². The predicted molar refractivity (Wildman–Crippen MR) is 130 cm³/mol. The lowest BCUT2D eigenvalue weighted by atomic mass is 10.1. The van der Waals surface area contributed by atoms with Crippen LogP contribution in [-0.4, -0.2) is 35.7 Å². The summed E-state index contributed by atoms with van der Waals surface area (Å²) >= 11 is 12.1. The van der Waals surface area contributed by atoms with E-state index in [-0.39, 0.29) is 30.2 Å². The molecule has 0 spiro atoms. The van der Waals surface area contributed by atoms with E-state index in [1.54, 1.807) is 12.1 Å². The first-order valence-corrected chi connectivity index (χ1v) is 11.1. The molecule has 0 radical (unpaired) electrons. The van der Waals surface area contributed by atoms with Crippen LogP contribution in [-0.2, 0) is 16.1 Å². The second-order valence-corrected chi connectivity index (χ2v) is 8.45. The highest BCUT2D eigenvalue weighted by molar-refractivity contribution is 6.36. The van der Waals surface area contributed by atoms with Crippen LogP contribution in [0.25, 0.3) is 0 Å². The number of carbonyl (C=O) groups is 3. The van der Waals surface area contributed by atoms with Gasteiger partial charge in [0, 0.05) is 17.3 Å². The molecule has 6 nitrogen and oxygen atoms in total. The zero-order valence-electron chi connectivity index (χ0n) is 18.3. The maximum absolute atomic E-state index is 13.3. The summed E-state index contributed by atoms with van der Waals surface area (Å²) in [5, 5.41) is 5.72. The second kappa shape index (κ2) is 11.6. The largest absolute Gasteiger partial charge is 0.345 e. The number of aryl methyl sites for hydroxylation is 1. The molecule has 0 unspecified atom stereocenters. The summed E-state index contributed by atoms with van der Waals surface area (Å²) in [5.41, 5.74) is 2.38. The SMILES string of the molecule is Cc1cccc(NC(=O)CNC(=O)CN(Cc2ccc(F)cc2)C(=O)c2ccc(Cl)cc2Cl)c1. The van der Waals surface area contributed by atoms with E-state index in [2.05, 4.69) is 10.6 Å². The van der Waals surface area contributed by atoms with E-state index in [4.69, 9.17) is 23.2 Å². The van der Waals surface area contributed by atoms with Crippen molar-refractivity contribution in [3.05, 3.63) is 99.3 Å². The second-order valence-electron chi connectivity index (χ2n) is 7.61. The van der Waals surface area contributed by atoms with Crippen LogP contribution in [0.5, 0.6) is 0 Å². The molecule has 9 heteroatoms. The Bertz CT molecular complexity index is 1200. The van der Waals surface area contributed by atoms with Crippen LogP contribution >= 0.6 is 23.2 Å². The van der Waals surface area contributed by atoms with Crippen molar-refractivity contribution in [3.8, 4) is 0 Å². The molecule has 0 saturated carbocycles. The monoisotopic (exact) mass is 501 g/mol. The maximum atomic E-state index is 13.3. The molecule has 0 heterocycles. The molecule has 3 aromatic rings. The van der Waals surface area contributed by atoms with Crippen LogP contribution < -0.4 is 10.6 Å². The van der Waals surface area contributed by atoms with Gasteiger partial charge in [-0.2, -0.15) is 0 Å². The standard InChI is InChI=1S/C25H22Cl2FN3O3/c1-16-3-2-4-20(11-16)30-23(32)13-29-24(33)15-31(14-17-5-8-19(28)9-6-17)25(34)21-10-7-18(26)12-22(21)27/h2-12H,13-15H2,1H3,(H,29,33)(H,30,32). The number of amides is 3. The third kappa shape index (κ3) is 7.30.